The van der Waals surface area contributed by atoms with Crippen LogP contribution in [0.1, 0.15) is 56.6 Å². The number of aliphatic carboxylic acids is 1. The van der Waals surface area contributed by atoms with E-state index < -0.39 is 96.5 Å². The number of fused-ring (bicyclic) bond motifs is 1. The predicted molar refractivity (Wildman–Crippen MR) is 221 cm³/mol. The zero-order valence-electron chi connectivity index (χ0n) is 33.8. The Morgan fingerprint density at radius 1 is 0.770 bits per heavy atom. The van der Waals surface area contributed by atoms with E-state index in [0.29, 0.717) is 11.1 Å². The maximum absolute atomic E-state index is 13.9. The summed E-state index contributed by atoms with van der Waals surface area (Å²) in [6.07, 6.45) is 1.37. The number of aromatic nitrogens is 1. The molecule has 8 amide bonds. The number of para-hydroxylation sites is 1. The van der Waals surface area contributed by atoms with Gasteiger partial charge in [-0.25, -0.2) is 4.79 Å². The number of carbonyl (C=O) groups is 9. The van der Waals surface area contributed by atoms with Crippen molar-refractivity contribution >= 4 is 64.1 Å². The van der Waals surface area contributed by atoms with Gasteiger partial charge in [-0.2, -0.15) is 0 Å². The molecule has 5 atom stereocenters. The minimum atomic E-state index is -1.41. The van der Waals surface area contributed by atoms with Crippen LogP contribution in [0.15, 0.2) is 60.8 Å². The Hall–Kier alpha value is -6.83. The van der Waals surface area contributed by atoms with Gasteiger partial charge in [0.05, 0.1) is 13.1 Å². The number of carboxylic acid groups (broad SMARTS) is 1. The highest BCUT2D eigenvalue weighted by molar-refractivity contribution is 5.97. The van der Waals surface area contributed by atoms with Gasteiger partial charge in [0.25, 0.3) is 0 Å². The number of nitrogens with two attached hydrogens (primary N) is 1. The first-order valence-corrected chi connectivity index (χ1v) is 20.0. The molecule has 4 rings (SSSR count). The molecule has 3 aromatic rings. The summed E-state index contributed by atoms with van der Waals surface area (Å²) in [7, 11) is 0. The van der Waals surface area contributed by atoms with Gasteiger partial charge in [-0.05, 0) is 55.8 Å². The van der Waals surface area contributed by atoms with Crippen LogP contribution in [-0.2, 0) is 56.0 Å². The Kier molecular flexibility index (Phi) is 18.2. The molecule has 20 nitrogen and oxygen atoms in total. The van der Waals surface area contributed by atoms with E-state index in [1.807, 2.05) is 18.2 Å². The average molecular weight is 847 g/mol. The fourth-order valence-corrected chi connectivity index (χ4v) is 6.61. The molecule has 0 aliphatic carbocycles. The van der Waals surface area contributed by atoms with Crippen LogP contribution in [0.3, 0.4) is 0 Å². The van der Waals surface area contributed by atoms with Gasteiger partial charge in [-0.3, -0.25) is 38.4 Å². The summed E-state index contributed by atoms with van der Waals surface area (Å²) in [6.45, 7) is 0.234. The van der Waals surface area contributed by atoms with Gasteiger partial charge in [-0.15, -0.1) is 0 Å². The van der Waals surface area contributed by atoms with Gasteiger partial charge < -0.3 is 58.4 Å². The number of carboxylic acids is 1. The fourth-order valence-electron chi connectivity index (χ4n) is 6.61. The van der Waals surface area contributed by atoms with Crippen molar-refractivity contribution in [2.45, 2.75) is 88.5 Å². The SMILES string of the molecule is CC(=O)NCC(=O)NC1CCC(=O)NCCCC(C(=O)O)NC(=O)[C@H](Cc2c[nH]c3ccccc23)NC(=O)CNC(=O)C(Cc2ccccc2)NC(=O)[C@H](CCCN)NC1=O. The maximum Gasteiger partial charge on any atom is 0.326 e. The Morgan fingerprint density at radius 3 is 2.18 bits per heavy atom. The minimum absolute atomic E-state index is 0.00901. The van der Waals surface area contributed by atoms with E-state index in [9.17, 15) is 48.3 Å². The maximum atomic E-state index is 13.9. The van der Waals surface area contributed by atoms with Crippen LogP contribution in [0, 0.1) is 0 Å². The summed E-state index contributed by atoms with van der Waals surface area (Å²) in [5.41, 5.74) is 7.82. The molecule has 3 unspecified atom stereocenters. The standard InChI is InChI=1S/C41H54N10O10/c1-24(52)44-22-35(54)47-30-15-16-34(53)43-18-8-14-31(41(60)61)50-40(59)33(20-26-21-45-28-12-6-5-11-27(26)28)48-36(55)23-46-37(56)32(19-25-9-3-2-4-10-25)51-38(57)29(13-7-17-42)49-39(30)58/h2-6,9-12,21,29-33,45H,7-8,13-20,22-23,42H2,1H3,(H,43,53)(H,44,52)(H,46,56)(H,47,54)(H,48,55)(H,49,58)(H,50,59)(H,51,57)(H,60,61)/t29-,30?,31?,32?,33-/m0/s1. The predicted octanol–water partition coefficient (Wildman–Crippen LogP) is -1.86. The van der Waals surface area contributed by atoms with Gasteiger partial charge in [0.2, 0.25) is 47.3 Å². The topological polar surface area (TPSA) is 312 Å². The molecule has 1 aliphatic rings. The Morgan fingerprint density at radius 2 is 1.46 bits per heavy atom. The number of hydrogen-bond donors (Lipinski definition) is 11. The Labute approximate surface area is 351 Å². The molecule has 0 saturated carbocycles. The molecule has 2 aromatic carbocycles. The molecule has 61 heavy (non-hydrogen) atoms. The lowest BCUT2D eigenvalue weighted by Crippen LogP contribution is -2.58. The van der Waals surface area contributed by atoms with E-state index in [4.69, 9.17) is 5.73 Å². The van der Waals surface area contributed by atoms with Crippen molar-refractivity contribution in [2.75, 3.05) is 26.2 Å². The van der Waals surface area contributed by atoms with Gasteiger partial charge in [-0.1, -0.05) is 48.5 Å². The van der Waals surface area contributed by atoms with Crippen molar-refractivity contribution in [3.63, 3.8) is 0 Å². The van der Waals surface area contributed by atoms with Crippen molar-refractivity contribution < 1.29 is 48.3 Å². The van der Waals surface area contributed by atoms with Crippen LogP contribution in [0.5, 0.6) is 0 Å². The van der Waals surface area contributed by atoms with Crippen molar-refractivity contribution in [1.29, 1.82) is 0 Å². The lowest BCUT2D eigenvalue weighted by atomic mass is 10.0. The highest BCUT2D eigenvalue weighted by Crippen LogP contribution is 2.19. The van der Waals surface area contributed by atoms with E-state index in [2.05, 4.69) is 47.5 Å². The summed E-state index contributed by atoms with van der Waals surface area (Å²) in [6, 6.07) is 9.39. The minimum Gasteiger partial charge on any atom is -0.480 e. The molecule has 0 bridgehead atoms. The van der Waals surface area contributed by atoms with E-state index in [0.717, 1.165) is 10.9 Å². The highest BCUT2D eigenvalue weighted by Gasteiger charge is 2.32. The second-order valence-electron chi connectivity index (χ2n) is 14.6. The average Bonchev–Trinajstić information content (AvgIpc) is 3.64. The molecule has 328 valence electrons. The van der Waals surface area contributed by atoms with E-state index in [1.165, 1.54) is 6.92 Å². The van der Waals surface area contributed by atoms with Crippen LogP contribution in [0.2, 0.25) is 0 Å². The molecular formula is C41H54N10O10. The van der Waals surface area contributed by atoms with Crippen LogP contribution in [-0.4, -0.2) is 120 Å². The smallest absolute Gasteiger partial charge is 0.326 e. The lowest BCUT2D eigenvalue weighted by molar-refractivity contribution is -0.142. The number of amides is 8. The molecule has 0 spiro atoms. The van der Waals surface area contributed by atoms with Gasteiger partial charge in [0.15, 0.2) is 0 Å². The summed E-state index contributed by atoms with van der Waals surface area (Å²) >= 11 is 0. The number of hydrogen-bond acceptors (Lipinski definition) is 10. The van der Waals surface area contributed by atoms with Crippen molar-refractivity contribution in [1.82, 2.24) is 47.5 Å². The monoisotopic (exact) mass is 846 g/mol. The molecule has 12 N–H and O–H groups in total. The first-order chi connectivity index (χ1) is 29.2. The first kappa shape index (κ1) is 46.9. The molecule has 1 aromatic heterocycles. The fraction of sp³-hybridized carbons (Fsp3) is 0.439. The third-order valence-corrected chi connectivity index (χ3v) is 9.84. The number of benzene rings is 2. The largest absolute Gasteiger partial charge is 0.480 e. The molecular weight excluding hydrogens is 793 g/mol. The van der Waals surface area contributed by atoms with Gasteiger partial charge >= 0.3 is 5.97 Å². The quantitative estimate of drug-likeness (QED) is 0.102. The van der Waals surface area contributed by atoms with Crippen LogP contribution in [0.25, 0.3) is 10.9 Å². The van der Waals surface area contributed by atoms with Crippen molar-refractivity contribution in [3.05, 3.63) is 71.9 Å². The Bertz CT molecular complexity index is 2040. The Balaban J connectivity index is 1.64. The third-order valence-electron chi connectivity index (χ3n) is 9.84. The van der Waals surface area contributed by atoms with Crippen molar-refractivity contribution in [3.8, 4) is 0 Å². The molecule has 20 heteroatoms. The zero-order valence-corrected chi connectivity index (χ0v) is 33.8. The number of rotatable bonds is 11. The van der Waals surface area contributed by atoms with Gasteiger partial charge in [0.1, 0.15) is 30.2 Å². The third kappa shape index (κ3) is 15.4. The number of carbonyl (C=O) groups excluding carboxylic acids is 8. The first-order valence-electron chi connectivity index (χ1n) is 20.0. The molecule has 1 saturated heterocycles. The number of nitrogens with one attached hydrogen (secondary N) is 9. The van der Waals surface area contributed by atoms with E-state index >= 15 is 0 Å². The molecule has 1 aliphatic heterocycles. The van der Waals surface area contributed by atoms with Crippen LogP contribution >= 0.6 is 0 Å². The second kappa shape index (κ2) is 23.7. The van der Waals surface area contributed by atoms with Crippen molar-refractivity contribution in [2.24, 2.45) is 5.73 Å². The summed E-state index contributed by atoms with van der Waals surface area (Å²) < 4.78 is 0. The van der Waals surface area contributed by atoms with E-state index in [-0.39, 0.29) is 64.5 Å². The van der Waals surface area contributed by atoms with Crippen LogP contribution in [0.4, 0.5) is 0 Å². The summed E-state index contributed by atoms with van der Waals surface area (Å²) in [5.74, 6) is -7.11. The summed E-state index contributed by atoms with van der Waals surface area (Å²) in [5, 5.41) is 31.1. The molecule has 2 heterocycles. The number of H-pyrrole nitrogens is 1. The van der Waals surface area contributed by atoms with E-state index in [1.54, 1.807) is 42.6 Å². The van der Waals surface area contributed by atoms with Crippen LogP contribution < -0.4 is 48.3 Å². The number of aromatic amines is 1. The highest BCUT2D eigenvalue weighted by atomic mass is 16.4. The second-order valence-corrected chi connectivity index (χ2v) is 14.6. The lowest BCUT2D eigenvalue weighted by Gasteiger charge is -2.25. The molecule has 0 radical (unpaired) electrons. The zero-order chi connectivity index (χ0) is 44.3. The molecule has 1 fully saturated rings. The summed E-state index contributed by atoms with van der Waals surface area (Å²) in [4.78, 5) is 121. The van der Waals surface area contributed by atoms with Gasteiger partial charge in [0, 0.05) is 49.8 Å². The normalized spacial score (nSPS) is 21.7.